The van der Waals surface area contributed by atoms with Crippen LogP contribution in [-0.2, 0) is 6.61 Å². The van der Waals surface area contributed by atoms with Crippen LogP contribution >= 0.6 is 0 Å². The monoisotopic (exact) mass is 216 g/mol. The average Bonchev–Trinajstić information content (AvgIpc) is 2.29. The van der Waals surface area contributed by atoms with Gasteiger partial charge in [0, 0.05) is 0 Å². The average molecular weight is 216 g/mol. The van der Waals surface area contributed by atoms with Crippen molar-refractivity contribution in [3.8, 4) is 11.1 Å². The minimum absolute atomic E-state index is 0.00892. The number of aliphatic hydroxyl groups excluding tert-OH is 1. The molecule has 0 unspecified atom stereocenters. The summed E-state index contributed by atoms with van der Waals surface area (Å²) in [6, 6.07) is 12.2. The van der Waals surface area contributed by atoms with E-state index >= 15 is 0 Å². The highest BCUT2D eigenvalue weighted by Crippen LogP contribution is 2.26. The molecule has 2 aromatic carbocycles. The van der Waals surface area contributed by atoms with Crippen molar-refractivity contribution in [1.29, 1.82) is 0 Å². The first-order valence-corrected chi connectivity index (χ1v) is 5.17. The fourth-order valence-electron chi connectivity index (χ4n) is 1.82. The smallest absolute Gasteiger partial charge is 0.123 e. The summed E-state index contributed by atoms with van der Waals surface area (Å²) in [7, 11) is 0. The summed E-state index contributed by atoms with van der Waals surface area (Å²) in [5, 5.41) is 9.17. The largest absolute Gasteiger partial charge is 0.392 e. The van der Waals surface area contributed by atoms with Gasteiger partial charge in [0.1, 0.15) is 5.82 Å². The molecule has 0 saturated heterocycles. The Labute approximate surface area is 94.2 Å². The summed E-state index contributed by atoms with van der Waals surface area (Å²) in [5.74, 6) is -0.244. The Hall–Kier alpha value is -1.67. The van der Waals surface area contributed by atoms with E-state index in [9.17, 15) is 9.50 Å². The predicted molar refractivity (Wildman–Crippen MR) is 62.5 cm³/mol. The zero-order valence-corrected chi connectivity index (χ0v) is 9.07. The van der Waals surface area contributed by atoms with Crippen molar-refractivity contribution in [1.82, 2.24) is 0 Å². The van der Waals surface area contributed by atoms with Crippen molar-refractivity contribution in [2.24, 2.45) is 0 Å². The lowest BCUT2D eigenvalue weighted by Crippen LogP contribution is -1.92. The van der Waals surface area contributed by atoms with Crippen LogP contribution in [0.5, 0.6) is 0 Å². The topological polar surface area (TPSA) is 20.2 Å². The van der Waals surface area contributed by atoms with E-state index in [1.807, 2.05) is 31.2 Å². The van der Waals surface area contributed by atoms with Gasteiger partial charge in [-0.25, -0.2) is 4.39 Å². The summed E-state index contributed by atoms with van der Waals surface area (Å²) in [6.45, 7) is 1.95. The van der Waals surface area contributed by atoms with Crippen LogP contribution in [0.15, 0.2) is 42.5 Å². The molecule has 1 nitrogen and oxygen atoms in total. The van der Waals surface area contributed by atoms with E-state index < -0.39 is 0 Å². The molecule has 0 bridgehead atoms. The quantitative estimate of drug-likeness (QED) is 0.816. The van der Waals surface area contributed by atoms with E-state index in [4.69, 9.17) is 0 Å². The number of aliphatic hydroxyl groups is 1. The first kappa shape index (κ1) is 10.8. The molecular weight excluding hydrogens is 203 g/mol. The highest BCUT2D eigenvalue weighted by molar-refractivity contribution is 5.68. The molecule has 2 aromatic rings. The van der Waals surface area contributed by atoms with Gasteiger partial charge in [0.25, 0.3) is 0 Å². The number of halogens is 1. The van der Waals surface area contributed by atoms with Gasteiger partial charge >= 0.3 is 0 Å². The lowest BCUT2D eigenvalue weighted by Gasteiger charge is -2.09. The molecule has 0 aliphatic rings. The molecule has 1 N–H and O–H groups in total. The van der Waals surface area contributed by atoms with Gasteiger partial charge in [-0.1, -0.05) is 30.3 Å². The number of rotatable bonds is 2. The molecule has 0 aromatic heterocycles. The van der Waals surface area contributed by atoms with Gasteiger partial charge in [0.05, 0.1) is 6.61 Å². The Morgan fingerprint density at radius 2 is 1.88 bits per heavy atom. The van der Waals surface area contributed by atoms with Gasteiger partial charge in [0.2, 0.25) is 0 Å². The molecule has 2 rings (SSSR count). The second-order valence-electron chi connectivity index (χ2n) is 3.76. The molecule has 0 radical (unpaired) electrons. The Morgan fingerprint density at radius 1 is 1.12 bits per heavy atom. The third-order valence-corrected chi connectivity index (χ3v) is 2.75. The van der Waals surface area contributed by atoms with Crippen molar-refractivity contribution in [3.05, 3.63) is 59.4 Å². The molecule has 0 fully saturated rings. The maximum absolute atomic E-state index is 13.1. The molecule has 0 heterocycles. The second-order valence-corrected chi connectivity index (χ2v) is 3.76. The van der Waals surface area contributed by atoms with Gasteiger partial charge in [0.15, 0.2) is 0 Å². The van der Waals surface area contributed by atoms with Gasteiger partial charge in [-0.3, -0.25) is 0 Å². The lowest BCUT2D eigenvalue weighted by molar-refractivity contribution is 0.281. The maximum atomic E-state index is 13.1. The number of benzene rings is 2. The molecule has 0 spiro atoms. The molecule has 0 aliphatic carbocycles. The van der Waals surface area contributed by atoms with Crippen molar-refractivity contribution in [2.45, 2.75) is 13.5 Å². The Bertz CT molecular complexity index is 506. The standard InChI is InChI=1S/C14H13FO/c1-10-12(9-16)5-3-7-14(10)11-4-2-6-13(15)8-11/h2-8,16H,9H2,1H3. The van der Waals surface area contributed by atoms with Crippen molar-refractivity contribution >= 4 is 0 Å². The summed E-state index contributed by atoms with van der Waals surface area (Å²) in [5.41, 5.74) is 3.68. The lowest BCUT2D eigenvalue weighted by atomic mass is 9.97. The fourth-order valence-corrected chi connectivity index (χ4v) is 1.82. The summed E-state index contributed by atoms with van der Waals surface area (Å²) in [6.07, 6.45) is 0. The minimum atomic E-state index is -0.244. The van der Waals surface area contributed by atoms with Crippen molar-refractivity contribution < 1.29 is 9.50 Å². The van der Waals surface area contributed by atoms with Crippen LogP contribution in [0.2, 0.25) is 0 Å². The van der Waals surface area contributed by atoms with Crippen LogP contribution in [0.3, 0.4) is 0 Å². The predicted octanol–water partition coefficient (Wildman–Crippen LogP) is 3.29. The van der Waals surface area contributed by atoms with E-state index in [0.717, 1.165) is 22.3 Å². The number of hydrogen-bond donors (Lipinski definition) is 1. The van der Waals surface area contributed by atoms with E-state index in [1.54, 1.807) is 6.07 Å². The SMILES string of the molecule is Cc1c(CO)cccc1-c1cccc(F)c1. The van der Waals surface area contributed by atoms with Crippen LogP contribution in [-0.4, -0.2) is 5.11 Å². The highest BCUT2D eigenvalue weighted by atomic mass is 19.1. The van der Waals surface area contributed by atoms with Crippen LogP contribution in [0.4, 0.5) is 4.39 Å². The Balaban J connectivity index is 2.56. The normalized spacial score (nSPS) is 10.4. The second kappa shape index (κ2) is 4.45. The number of hydrogen-bond acceptors (Lipinski definition) is 1. The van der Waals surface area contributed by atoms with Gasteiger partial charge < -0.3 is 5.11 Å². The summed E-state index contributed by atoms with van der Waals surface area (Å²) < 4.78 is 13.1. The van der Waals surface area contributed by atoms with E-state index in [2.05, 4.69) is 0 Å². The van der Waals surface area contributed by atoms with Crippen LogP contribution in [0.1, 0.15) is 11.1 Å². The third kappa shape index (κ3) is 1.97. The molecule has 16 heavy (non-hydrogen) atoms. The summed E-state index contributed by atoms with van der Waals surface area (Å²) in [4.78, 5) is 0. The van der Waals surface area contributed by atoms with Gasteiger partial charge in [-0.05, 0) is 41.3 Å². The van der Waals surface area contributed by atoms with E-state index in [1.165, 1.54) is 12.1 Å². The molecule has 0 aliphatic heterocycles. The molecule has 0 atom stereocenters. The van der Waals surface area contributed by atoms with Gasteiger partial charge in [-0.15, -0.1) is 0 Å². The van der Waals surface area contributed by atoms with Gasteiger partial charge in [-0.2, -0.15) is 0 Å². The van der Waals surface area contributed by atoms with Crippen molar-refractivity contribution in [2.75, 3.05) is 0 Å². The van der Waals surface area contributed by atoms with Crippen molar-refractivity contribution in [3.63, 3.8) is 0 Å². The minimum Gasteiger partial charge on any atom is -0.392 e. The Kier molecular flexibility index (Phi) is 3.02. The van der Waals surface area contributed by atoms with Crippen LogP contribution in [0.25, 0.3) is 11.1 Å². The van der Waals surface area contributed by atoms with Crippen LogP contribution in [0, 0.1) is 12.7 Å². The third-order valence-electron chi connectivity index (χ3n) is 2.75. The first-order chi connectivity index (χ1) is 7.72. The van der Waals surface area contributed by atoms with E-state index in [0.29, 0.717) is 0 Å². The molecule has 0 amide bonds. The maximum Gasteiger partial charge on any atom is 0.123 e. The zero-order valence-electron chi connectivity index (χ0n) is 9.07. The summed E-state index contributed by atoms with van der Waals surface area (Å²) >= 11 is 0. The highest BCUT2D eigenvalue weighted by Gasteiger charge is 2.05. The zero-order chi connectivity index (χ0) is 11.5. The Morgan fingerprint density at radius 3 is 2.56 bits per heavy atom. The molecule has 82 valence electrons. The fraction of sp³-hybridized carbons (Fsp3) is 0.143. The first-order valence-electron chi connectivity index (χ1n) is 5.17. The molecule has 2 heteroatoms. The van der Waals surface area contributed by atoms with Crippen LogP contribution < -0.4 is 0 Å². The molecular formula is C14H13FO. The molecule has 0 saturated carbocycles. The van der Waals surface area contributed by atoms with E-state index in [-0.39, 0.29) is 12.4 Å².